The van der Waals surface area contributed by atoms with E-state index in [0.29, 0.717) is 12.0 Å². The van der Waals surface area contributed by atoms with Crippen LogP contribution in [0.15, 0.2) is 18.2 Å². The van der Waals surface area contributed by atoms with Gasteiger partial charge in [0.25, 0.3) is 0 Å². The van der Waals surface area contributed by atoms with E-state index in [0.717, 1.165) is 32.7 Å². The topological polar surface area (TPSA) is 55.7 Å². The van der Waals surface area contributed by atoms with Gasteiger partial charge in [-0.05, 0) is 18.6 Å². The Labute approximate surface area is 95.5 Å². The SMILES string of the molecule is Oc1cccc(O)c1CCN1CCNCC1. The number of nitrogens with one attached hydrogen (secondary N) is 1. The molecule has 1 saturated heterocycles. The monoisotopic (exact) mass is 222 g/mol. The van der Waals surface area contributed by atoms with Gasteiger partial charge in [0.1, 0.15) is 11.5 Å². The van der Waals surface area contributed by atoms with Gasteiger partial charge in [0.05, 0.1) is 0 Å². The zero-order valence-electron chi connectivity index (χ0n) is 9.32. The Morgan fingerprint density at radius 2 is 1.75 bits per heavy atom. The van der Waals surface area contributed by atoms with Crippen LogP contribution in [0.4, 0.5) is 0 Å². The summed E-state index contributed by atoms with van der Waals surface area (Å²) in [7, 11) is 0. The number of phenolic OH excluding ortho intramolecular Hbond substituents is 2. The van der Waals surface area contributed by atoms with E-state index in [1.165, 1.54) is 0 Å². The molecular weight excluding hydrogens is 204 g/mol. The minimum Gasteiger partial charge on any atom is -0.508 e. The summed E-state index contributed by atoms with van der Waals surface area (Å²) in [6.45, 7) is 5.00. The molecule has 1 heterocycles. The highest BCUT2D eigenvalue weighted by Gasteiger charge is 2.12. The second kappa shape index (κ2) is 5.18. The molecule has 3 N–H and O–H groups in total. The van der Waals surface area contributed by atoms with Gasteiger partial charge in [-0.25, -0.2) is 0 Å². The maximum absolute atomic E-state index is 9.63. The number of rotatable bonds is 3. The summed E-state index contributed by atoms with van der Waals surface area (Å²) in [6, 6.07) is 4.89. The molecule has 88 valence electrons. The Bertz CT molecular complexity index is 329. The van der Waals surface area contributed by atoms with Gasteiger partial charge >= 0.3 is 0 Å². The van der Waals surface area contributed by atoms with Gasteiger partial charge in [-0.1, -0.05) is 6.07 Å². The van der Waals surface area contributed by atoms with Crippen LogP contribution in [0, 0.1) is 0 Å². The molecule has 0 atom stereocenters. The molecular formula is C12H18N2O2. The number of benzene rings is 1. The molecule has 1 aliphatic rings. The van der Waals surface area contributed by atoms with Gasteiger partial charge in [0.15, 0.2) is 0 Å². The van der Waals surface area contributed by atoms with Crippen LogP contribution < -0.4 is 5.32 Å². The highest BCUT2D eigenvalue weighted by molar-refractivity contribution is 5.43. The van der Waals surface area contributed by atoms with Crippen molar-refractivity contribution in [3.05, 3.63) is 23.8 Å². The number of piperazine rings is 1. The molecule has 0 amide bonds. The molecule has 2 rings (SSSR count). The summed E-state index contributed by atoms with van der Waals surface area (Å²) >= 11 is 0. The second-order valence-corrected chi connectivity index (χ2v) is 4.12. The van der Waals surface area contributed by atoms with Crippen molar-refractivity contribution in [2.24, 2.45) is 0 Å². The summed E-state index contributed by atoms with van der Waals surface area (Å²) < 4.78 is 0. The third kappa shape index (κ3) is 2.65. The molecule has 0 radical (unpaired) electrons. The molecule has 1 aromatic carbocycles. The van der Waals surface area contributed by atoms with Crippen LogP contribution in [-0.4, -0.2) is 47.8 Å². The molecule has 0 aromatic heterocycles. The first-order valence-electron chi connectivity index (χ1n) is 5.70. The zero-order valence-corrected chi connectivity index (χ0v) is 9.32. The van der Waals surface area contributed by atoms with Crippen molar-refractivity contribution in [3.8, 4) is 11.5 Å². The maximum Gasteiger partial charge on any atom is 0.122 e. The average molecular weight is 222 g/mol. The van der Waals surface area contributed by atoms with Crippen LogP contribution in [0.25, 0.3) is 0 Å². The van der Waals surface area contributed by atoms with Gasteiger partial charge in [-0.2, -0.15) is 0 Å². The molecule has 0 aliphatic carbocycles. The molecule has 4 heteroatoms. The van der Waals surface area contributed by atoms with Gasteiger partial charge in [-0.3, -0.25) is 0 Å². The van der Waals surface area contributed by atoms with Crippen molar-refractivity contribution in [2.75, 3.05) is 32.7 Å². The van der Waals surface area contributed by atoms with Crippen LogP contribution in [0.3, 0.4) is 0 Å². The lowest BCUT2D eigenvalue weighted by atomic mass is 10.1. The number of phenols is 2. The fourth-order valence-electron chi connectivity index (χ4n) is 2.02. The van der Waals surface area contributed by atoms with E-state index in [4.69, 9.17) is 0 Å². The van der Waals surface area contributed by atoms with Gasteiger partial charge in [-0.15, -0.1) is 0 Å². The predicted molar refractivity (Wildman–Crippen MR) is 62.8 cm³/mol. The highest BCUT2D eigenvalue weighted by atomic mass is 16.3. The van der Waals surface area contributed by atoms with Crippen LogP contribution >= 0.6 is 0 Å². The molecule has 0 saturated carbocycles. The molecule has 0 unspecified atom stereocenters. The van der Waals surface area contributed by atoms with Crippen molar-refractivity contribution in [1.29, 1.82) is 0 Å². The van der Waals surface area contributed by atoms with Crippen LogP contribution in [-0.2, 0) is 6.42 Å². The summed E-state index contributed by atoms with van der Waals surface area (Å²) in [6.07, 6.45) is 0.693. The minimum atomic E-state index is 0.190. The van der Waals surface area contributed by atoms with Gasteiger partial charge in [0, 0.05) is 38.3 Å². The van der Waals surface area contributed by atoms with E-state index in [-0.39, 0.29) is 11.5 Å². The Morgan fingerprint density at radius 1 is 1.12 bits per heavy atom. The maximum atomic E-state index is 9.63. The molecule has 1 aromatic rings. The van der Waals surface area contributed by atoms with Gasteiger partial charge < -0.3 is 20.4 Å². The third-order valence-electron chi connectivity index (χ3n) is 3.01. The van der Waals surface area contributed by atoms with E-state index in [2.05, 4.69) is 10.2 Å². The lowest BCUT2D eigenvalue weighted by molar-refractivity contribution is 0.242. The number of nitrogens with zero attached hydrogens (tertiary/aromatic N) is 1. The van der Waals surface area contributed by atoms with Crippen LogP contribution in [0.1, 0.15) is 5.56 Å². The Morgan fingerprint density at radius 3 is 2.38 bits per heavy atom. The molecule has 4 nitrogen and oxygen atoms in total. The first-order chi connectivity index (χ1) is 7.77. The first-order valence-corrected chi connectivity index (χ1v) is 5.70. The highest BCUT2D eigenvalue weighted by Crippen LogP contribution is 2.26. The Kier molecular flexibility index (Phi) is 3.64. The van der Waals surface area contributed by atoms with Gasteiger partial charge in [0.2, 0.25) is 0 Å². The smallest absolute Gasteiger partial charge is 0.122 e. The molecule has 1 fully saturated rings. The van der Waals surface area contributed by atoms with Crippen LogP contribution in [0.5, 0.6) is 11.5 Å². The standard InChI is InChI=1S/C12H18N2O2/c15-11-2-1-3-12(16)10(11)4-7-14-8-5-13-6-9-14/h1-3,13,15-16H,4-9H2. The van der Waals surface area contributed by atoms with E-state index in [1.807, 2.05) is 0 Å². The van der Waals surface area contributed by atoms with Crippen molar-refractivity contribution in [2.45, 2.75) is 6.42 Å². The Balaban J connectivity index is 1.93. The van der Waals surface area contributed by atoms with Crippen molar-refractivity contribution in [1.82, 2.24) is 10.2 Å². The van der Waals surface area contributed by atoms with Crippen LogP contribution in [0.2, 0.25) is 0 Å². The van der Waals surface area contributed by atoms with E-state index in [1.54, 1.807) is 18.2 Å². The van der Waals surface area contributed by atoms with E-state index >= 15 is 0 Å². The molecule has 0 spiro atoms. The molecule has 1 aliphatic heterocycles. The zero-order chi connectivity index (χ0) is 11.4. The van der Waals surface area contributed by atoms with E-state index < -0.39 is 0 Å². The molecule has 16 heavy (non-hydrogen) atoms. The summed E-state index contributed by atoms with van der Waals surface area (Å²) in [5.41, 5.74) is 0.654. The van der Waals surface area contributed by atoms with Crippen molar-refractivity contribution < 1.29 is 10.2 Å². The lowest BCUT2D eigenvalue weighted by Gasteiger charge is -2.27. The normalized spacial score (nSPS) is 17.5. The van der Waals surface area contributed by atoms with E-state index in [9.17, 15) is 10.2 Å². The first kappa shape index (κ1) is 11.2. The average Bonchev–Trinajstić information content (AvgIpc) is 2.30. The third-order valence-corrected chi connectivity index (χ3v) is 3.01. The van der Waals surface area contributed by atoms with Crippen molar-refractivity contribution >= 4 is 0 Å². The molecule has 0 bridgehead atoms. The fraction of sp³-hybridized carbons (Fsp3) is 0.500. The minimum absolute atomic E-state index is 0.190. The summed E-state index contributed by atoms with van der Waals surface area (Å²) in [5.74, 6) is 0.380. The summed E-state index contributed by atoms with van der Waals surface area (Å²) in [5, 5.41) is 22.6. The Hall–Kier alpha value is -1.26. The number of hydrogen-bond donors (Lipinski definition) is 3. The second-order valence-electron chi connectivity index (χ2n) is 4.12. The lowest BCUT2D eigenvalue weighted by Crippen LogP contribution is -2.44. The number of hydrogen-bond acceptors (Lipinski definition) is 4. The summed E-state index contributed by atoms with van der Waals surface area (Å²) in [4.78, 5) is 2.34. The predicted octanol–water partition coefficient (Wildman–Crippen LogP) is 0.545. The quantitative estimate of drug-likeness (QED) is 0.699. The fourth-order valence-corrected chi connectivity index (χ4v) is 2.02. The largest absolute Gasteiger partial charge is 0.508 e. The number of aromatic hydroxyl groups is 2. The van der Waals surface area contributed by atoms with Crippen molar-refractivity contribution in [3.63, 3.8) is 0 Å².